The monoisotopic (exact) mass is 276 g/mol. The van der Waals surface area contributed by atoms with Gasteiger partial charge in [0.1, 0.15) is 0 Å². The van der Waals surface area contributed by atoms with Crippen molar-refractivity contribution >= 4 is 0 Å². The molecule has 0 bridgehead atoms. The van der Waals surface area contributed by atoms with Crippen LogP contribution in [0.2, 0.25) is 0 Å². The Morgan fingerprint density at radius 2 is 1.20 bits per heavy atom. The molecular formula is CoFeMnNiTi. The van der Waals surface area contributed by atoms with Gasteiger partial charge in [-0.25, -0.2) is 0 Å². The molecule has 0 saturated carbocycles. The van der Waals surface area contributed by atoms with E-state index in [1.54, 1.807) is 0 Å². The van der Waals surface area contributed by atoms with Crippen LogP contribution in [0.4, 0.5) is 0 Å². The van der Waals surface area contributed by atoms with Gasteiger partial charge in [-0.05, 0) is 0 Å². The zero-order valence-corrected chi connectivity index (χ0v) is 7.76. The van der Waals surface area contributed by atoms with E-state index >= 15 is 0 Å². The van der Waals surface area contributed by atoms with E-state index < -0.39 is 0 Å². The van der Waals surface area contributed by atoms with Gasteiger partial charge in [-0.2, -0.15) is 0 Å². The summed E-state index contributed by atoms with van der Waals surface area (Å²) >= 11 is 5.75. The Labute approximate surface area is 82.2 Å². The summed E-state index contributed by atoms with van der Waals surface area (Å²) in [5, 5.41) is 0. The van der Waals surface area contributed by atoms with E-state index in [4.69, 9.17) is 0 Å². The van der Waals surface area contributed by atoms with E-state index in [-0.39, 0.29) is 55.0 Å². The van der Waals surface area contributed by atoms with Crippen molar-refractivity contribution in [1.82, 2.24) is 0 Å². The second-order valence-electron chi connectivity index (χ2n) is 0. The molecule has 0 spiro atoms. The Hall–Kier alpha value is 2.75. The molecule has 5 heavy (non-hydrogen) atoms. The summed E-state index contributed by atoms with van der Waals surface area (Å²) in [5.74, 6) is 0. The van der Waals surface area contributed by atoms with Gasteiger partial charge >= 0.3 is 28.4 Å². The summed E-state index contributed by atoms with van der Waals surface area (Å²) in [6, 6.07) is 0. The van der Waals surface area contributed by atoms with Crippen molar-refractivity contribution in [2.45, 2.75) is 0 Å². The molecule has 0 aliphatic rings. The van der Waals surface area contributed by atoms with Crippen LogP contribution in [0.5, 0.6) is 0 Å². The third-order valence-corrected chi connectivity index (χ3v) is 0. The number of hydrogen-bond acceptors (Lipinski definition) is 0. The van der Waals surface area contributed by atoms with Gasteiger partial charge in [-0.15, -0.1) is 0 Å². The Kier molecular flexibility index (Phi) is 148. The number of hydrogen-bond donors (Lipinski definition) is 0. The molecule has 0 saturated heterocycles. The fraction of sp³-hybridized carbons (Fsp3) is 0. The summed E-state index contributed by atoms with van der Waals surface area (Å²) in [6.07, 6.45) is 0. The van der Waals surface area contributed by atoms with Crippen molar-refractivity contribution in [1.29, 1.82) is 0 Å². The SMILES string of the molecule is [Co].[Mn][Fe].[Ni].[Ti]. The number of rotatable bonds is 0. The Balaban J connectivity index is -0.00000000167. The fourth-order valence-electron chi connectivity index (χ4n) is 0. The molecule has 0 fully saturated rings. The first-order valence-electron chi connectivity index (χ1n) is 0.134. The smallest absolute Gasteiger partial charge is 0 e. The molecule has 5 heteroatoms. The zero-order chi connectivity index (χ0) is 2.00. The van der Waals surface area contributed by atoms with E-state index in [1.807, 2.05) is 0 Å². The molecule has 0 aliphatic heterocycles. The van der Waals surface area contributed by atoms with Crippen LogP contribution in [0.15, 0.2) is 0 Å². The van der Waals surface area contributed by atoms with Gasteiger partial charge in [0.25, 0.3) is 0 Å². The molecule has 0 aliphatic carbocycles. The first kappa shape index (κ1) is 25.1. The van der Waals surface area contributed by atoms with E-state index in [1.165, 1.54) is 0 Å². The molecule has 0 aromatic rings. The molecule has 0 atom stereocenters. The molecule has 0 nitrogen and oxygen atoms in total. The third-order valence-electron chi connectivity index (χ3n) is 0. The summed E-state index contributed by atoms with van der Waals surface area (Å²) in [6.45, 7) is 0. The summed E-state index contributed by atoms with van der Waals surface area (Å²) < 4.78 is 0. The van der Waals surface area contributed by atoms with E-state index in [9.17, 15) is 0 Å². The molecule has 0 aromatic carbocycles. The van der Waals surface area contributed by atoms with Gasteiger partial charge in [0, 0.05) is 55.0 Å². The van der Waals surface area contributed by atoms with E-state index in [2.05, 4.69) is 28.4 Å². The predicted molar refractivity (Wildman–Crippen MR) is 0 cm³/mol. The minimum atomic E-state index is 0. The van der Waals surface area contributed by atoms with Crippen molar-refractivity contribution in [3.8, 4) is 0 Å². The Morgan fingerprint density at radius 1 is 1.20 bits per heavy atom. The molecule has 38 valence electrons. The topological polar surface area (TPSA) is 0 Å². The maximum absolute atomic E-state index is 3.06. The summed E-state index contributed by atoms with van der Waals surface area (Å²) in [7, 11) is 0. The average molecular weight is 276 g/mol. The standard InChI is InChI=1S/Co.Fe.Mn.Ni.Ti. The van der Waals surface area contributed by atoms with Gasteiger partial charge < -0.3 is 0 Å². The van der Waals surface area contributed by atoms with Crippen molar-refractivity contribution < 1.29 is 83.4 Å². The summed E-state index contributed by atoms with van der Waals surface area (Å²) in [5.41, 5.74) is 0. The Bertz CT molecular complexity index is 11.6. The minimum Gasteiger partial charge on any atom is 0 e. The zero-order valence-electron chi connectivity index (χ0n) is 1.88. The van der Waals surface area contributed by atoms with Crippen LogP contribution in [0, 0.1) is 0 Å². The second kappa shape index (κ2) is 29.5. The minimum absolute atomic E-state index is 0. The van der Waals surface area contributed by atoms with E-state index in [0.717, 1.165) is 0 Å². The predicted octanol–water partition coefficient (Wildman–Crippen LogP) is -0.0125. The van der Waals surface area contributed by atoms with Crippen molar-refractivity contribution in [3.05, 3.63) is 0 Å². The van der Waals surface area contributed by atoms with Crippen LogP contribution in [0.3, 0.4) is 0 Å². The second-order valence-corrected chi connectivity index (χ2v) is 0. The van der Waals surface area contributed by atoms with Crippen LogP contribution in [-0.4, -0.2) is 0 Å². The van der Waals surface area contributed by atoms with Crippen molar-refractivity contribution in [3.63, 3.8) is 0 Å². The molecule has 0 amide bonds. The van der Waals surface area contributed by atoms with Crippen molar-refractivity contribution in [2.24, 2.45) is 0 Å². The normalized spacial score (nSPS) is 1.20. The molecule has 0 heterocycles. The molecule has 1 radical (unpaired) electrons. The van der Waals surface area contributed by atoms with Crippen LogP contribution in [0.25, 0.3) is 0 Å². The van der Waals surface area contributed by atoms with Gasteiger partial charge in [-0.3, -0.25) is 0 Å². The summed E-state index contributed by atoms with van der Waals surface area (Å²) in [4.78, 5) is 0. The first-order valence-corrected chi connectivity index (χ1v) is 2.27. The van der Waals surface area contributed by atoms with Crippen LogP contribution >= 0.6 is 0 Å². The van der Waals surface area contributed by atoms with Gasteiger partial charge in [0.15, 0.2) is 0 Å². The molecule has 0 unspecified atom stereocenters. The van der Waals surface area contributed by atoms with Crippen LogP contribution < -0.4 is 0 Å². The quantitative estimate of drug-likeness (QED) is 0.546. The van der Waals surface area contributed by atoms with Gasteiger partial charge in [-0.1, -0.05) is 0 Å². The van der Waals surface area contributed by atoms with Gasteiger partial charge in [0.05, 0.1) is 0 Å². The van der Waals surface area contributed by atoms with Crippen molar-refractivity contribution in [2.75, 3.05) is 0 Å². The largest absolute Gasteiger partial charge is 0 e. The van der Waals surface area contributed by atoms with E-state index in [0.29, 0.717) is 0 Å². The molecule has 0 N–H and O–H groups in total. The van der Waals surface area contributed by atoms with Crippen LogP contribution in [0.1, 0.15) is 0 Å². The Morgan fingerprint density at radius 3 is 1.20 bits per heavy atom. The maximum atomic E-state index is 3.06. The average Bonchev–Trinajstić information content (AvgIpc) is 1.00. The molecule has 0 aromatic heterocycles. The molecular weight excluding hydrogens is 276 g/mol. The maximum Gasteiger partial charge on any atom is 0 e. The fourth-order valence-corrected chi connectivity index (χ4v) is 0. The molecule has 0 rings (SSSR count). The van der Waals surface area contributed by atoms with Gasteiger partial charge in [0.2, 0.25) is 0 Å². The third kappa shape index (κ3) is 20.1. The first-order chi connectivity index (χ1) is 1.00. The van der Waals surface area contributed by atoms with Crippen LogP contribution in [-0.2, 0) is 83.4 Å².